The van der Waals surface area contributed by atoms with Gasteiger partial charge in [-0.1, -0.05) is 18.2 Å². The van der Waals surface area contributed by atoms with Crippen LogP contribution in [0.15, 0.2) is 36.0 Å². The summed E-state index contributed by atoms with van der Waals surface area (Å²) in [6.07, 6.45) is 3.57. The fraction of sp³-hybridized carbons (Fsp3) is 0.286. The first kappa shape index (κ1) is 12.3. The molecule has 3 rings (SSSR count). The van der Waals surface area contributed by atoms with E-state index in [4.69, 9.17) is 0 Å². The summed E-state index contributed by atoms with van der Waals surface area (Å²) in [6.45, 7) is 0.694. The van der Waals surface area contributed by atoms with Crippen LogP contribution < -0.4 is 10.6 Å². The van der Waals surface area contributed by atoms with Crippen LogP contribution in [0.4, 0.5) is 5.69 Å². The van der Waals surface area contributed by atoms with Crippen molar-refractivity contribution in [1.82, 2.24) is 10.3 Å². The molecule has 1 atom stereocenters. The molecular formula is C14H15N3OS. The number of para-hydroxylation sites is 1. The number of aromatic nitrogens is 1. The largest absolute Gasteiger partial charge is 0.324 e. The lowest BCUT2D eigenvalue weighted by molar-refractivity contribution is -0.118. The zero-order valence-electron chi connectivity index (χ0n) is 10.4. The lowest BCUT2D eigenvalue weighted by Gasteiger charge is -2.14. The van der Waals surface area contributed by atoms with E-state index in [2.05, 4.69) is 21.7 Å². The Morgan fingerprint density at radius 3 is 3.16 bits per heavy atom. The quantitative estimate of drug-likeness (QED) is 0.901. The number of anilines is 1. The van der Waals surface area contributed by atoms with Crippen molar-refractivity contribution in [2.24, 2.45) is 0 Å². The summed E-state index contributed by atoms with van der Waals surface area (Å²) < 4.78 is 0. The third-order valence-electron chi connectivity index (χ3n) is 3.30. The van der Waals surface area contributed by atoms with Crippen molar-refractivity contribution in [2.75, 3.05) is 5.32 Å². The summed E-state index contributed by atoms with van der Waals surface area (Å²) in [6, 6.07) is 7.84. The topological polar surface area (TPSA) is 54.0 Å². The molecule has 1 aliphatic heterocycles. The summed E-state index contributed by atoms with van der Waals surface area (Å²) in [5.41, 5.74) is 3.95. The van der Waals surface area contributed by atoms with Gasteiger partial charge in [-0.15, -0.1) is 11.3 Å². The highest BCUT2D eigenvalue weighted by atomic mass is 32.1. The summed E-state index contributed by atoms with van der Waals surface area (Å²) in [5, 5.41) is 6.30. The van der Waals surface area contributed by atoms with Gasteiger partial charge in [0.25, 0.3) is 0 Å². The van der Waals surface area contributed by atoms with Gasteiger partial charge in [0.15, 0.2) is 0 Å². The number of hydrogen-bond acceptors (Lipinski definition) is 4. The van der Waals surface area contributed by atoms with E-state index in [1.54, 1.807) is 16.8 Å². The summed E-state index contributed by atoms with van der Waals surface area (Å²) in [7, 11) is 0. The van der Waals surface area contributed by atoms with Crippen molar-refractivity contribution in [1.29, 1.82) is 0 Å². The van der Waals surface area contributed by atoms with E-state index in [9.17, 15) is 4.79 Å². The maximum atomic E-state index is 12.2. The van der Waals surface area contributed by atoms with E-state index in [0.29, 0.717) is 6.54 Å². The Morgan fingerprint density at radius 2 is 2.32 bits per heavy atom. The number of carbonyl (C=O) groups is 1. The first-order valence-corrected chi connectivity index (χ1v) is 7.20. The third-order valence-corrected chi connectivity index (χ3v) is 4.08. The van der Waals surface area contributed by atoms with Crippen molar-refractivity contribution in [3.8, 4) is 0 Å². The van der Waals surface area contributed by atoms with E-state index in [-0.39, 0.29) is 11.9 Å². The number of hydrogen-bond donors (Lipinski definition) is 2. The lowest BCUT2D eigenvalue weighted by Crippen LogP contribution is -2.39. The van der Waals surface area contributed by atoms with Gasteiger partial charge >= 0.3 is 0 Å². The van der Waals surface area contributed by atoms with Gasteiger partial charge in [-0.05, 0) is 24.5 Å². The molecule has 5 heteroatoms. The minimum absolute atomic E-state index is 0.0504. The van der Waals surface area contributed by atoms with Crippen LogP contribution in [0.5, 0.6) is 0 Å². The molecule has 0 bridgehead atoms. The molecule has 1 aromatic heterocycles. The zero-order valence-corrected chi connectivity index (χ0v) is 11.2. The van der Waals surface area contributed by atoms with Crippen molar-refractivity contribution in [3.63, 3.8) is 0 Å². The number of fused-ring (bicyclic) bond motifs is 1. The Kier molecular flexibility index (Phi) is 3.57. The molecule has 2 heterocycles. The van der Waals surface area contributed by atoms with Crippen LogP contribution in [0.2, 0.25) is 0 Å². The first-order chi connectivity index (χ1) is 9.33. The van der Waals surface area contributed by atoms with Crippen LogP contribution in [0.3, 0.4) is 0 Å². The van der Waals surface area contributed by atoms with E-state index < -0.39 is 0 Å². The molecular weight excluding hydrogens is 258 g/mol. The van der Waals surface area contributed by atoms with Crippen LogP contribution in [-0.4, -0.2) is 16.9 Å². The van der Waals surface area contributed by atoms with Gasteiger partial charge in [0.2, 0.25) is 5.91 Å². The number of carbonyl (C=O) groups excluding carboxylic acids is 1. The summed E-state index contributed by atoms with van der Waals surface area (Å²) >= 11 is 1.60. The van der Waals surface area contributed by atoms with Crippen molar-refractivity contribution >= 4 is 22.9 Å². The minimum Gasteiger partial charge on any atom is -0.324 e. The van der Waals surface area contributed by atoms with Crippen LogP contribution in [0.1, 0.15) is 16.9 Å². The Bertz CT molecular complexity index is 566. The number of amides is 1. The molecule has 0 fully saturated rings. The van der Waals surface area contributed by atoms with Gasteiger partial charge in [0.05, 0.1) is 11.6 Å². The third kappa shape index (κ3) is 2.83. The molecule has 1 aromatic carbocycles. The zero-order chi connectivity index (χ0) is 13.1. The molecule has 0 saturated carbocycles. The molecule has 19 heavy (non-hydrogen) atoms. The average molecular weight is 273 g/mol. The SMILES string of the molecule is O=C1Nc2ccccc2CCC1NCc1cncs1. The smallest absolute Gasteiger partial charge is 0.241 e. The van der Waals surface area contributed by atoms with E-state index in [1.165, 1.54) is 5.56 Å². The van der Waals surface area contributed by atoms with Gasteiger partial charge in [-0.2, -0.15) is 0 Å². The molecule has 4 nitrogen and oxygen atoms in total. The van der Waals surface area contributed by atoms with Crippen molar-refractivity contribution in [2.45, 2.75) is 25.4 Å². The van der Waals surface area contributed by atoms with E-state index in [0.717, 1.165) is 23.4 Å². The minimum atomic E-state index is -0.144. The Balaban J connectivity index is 1.67. The highest BCUT2D eigenvalue weighted by Gasteiger charge is 2.22. The number of thiazole rings is 1. The van der Waals surface area contributed by atoms with E-state index >= 15 is 0 Å². The van der Waals surface area contributed by atoms with Crippen LogP contribution in [-0.2, 0) is 17.8 Å². The highest BCUT2D eigenvalue weighted by Crippen LogP contribution is 2.21. The van der Waals surface area contributed by atoms with E-state index in [1.807, 2.05) is 24.4 Å². The average Bonchev–Trinajstić information content (AvgIpc) is 2.88. The Labute approximate surface area is 115 Å². The normalized spacial score (nSPS) is 18.5. The van der Waals surface area contributed by atoms with Gasteiger partial charge < -0.3 is 10.6 Å². The van der Waals surface area contributed by atoms with Crippen LogP contribution in [0.25, 0.3) is 0 Å². The predicted molar refractivity (Wildman–Crippen MR) is 76.1 cm³/mol. The standard InChI is InChI=1S/C14H15N3OS/c18-14-13(16-8-11-7-15-9-19-11)6-5-10-3-1-2-4-12(10)17-14/h1-4,7,9,13,16H,5-6,8H2,(H,17,18). The molecule has 0 aliphatic carbocycles. The fourth-order valence-electron chi connectivity index (χ4n) is 2.26. The molecule has 0 radical (unpaired) electrons. The molecule has 0 saturated heterocycles. The molecule has 0 spiro atoms. The van der Waals surface area contributed by atoms with Crippen LogP contribution in [0, 0.1) is 0 Å². The molecule has 1 aliphatic rings. The molecule has 2 N–H and O–H groups in total. The van der Waals surface area contributed by atoms with Crippen molar-refractivity contribution < 1.29 is 4.79 Å². The second kappa shape index (κ2) is 5.50. The Hall–Kier alpha value is -1.72. The lowest BCUT2D eigenvalue weighted by atomic mass is 10.1. The number of aryl methyl sites for hydroxylation is 1. The Morgan fingerprint density at radius 1 is 1.42 bits per heavy atom. The molecule has 98 valence electrons. The number of nitrogens with one attached hydrogen (secondary N) is 2. The van der Waals surface area contributed by atoms with Gasteiger partial charge in [0.1, 0.15) is 0 Å². The predicted octanol–water partition coefficient (Wildman–Crippen LogP) is 2.19. The first-order valence-electron chi connectivity index (χ1n) is 6.32. The van der Waals surface area contributed by atoms with Gasteiger partial charge in [-0.25, -0.2) is 0 Å². The number of benzene rings is 1. The monoisotopic (exact) mass is 273 g/mol. The van der Waals surface area contributed by atoms with Crippen molar-refractivity contribution in [3.05, 3.63) is 46.4 Å². The number of rotatable bonds is 3. The van der Waals surface area contributed by atoms with Gasteiger partial charge in [-0.3, -0.25) is 9.78 Å². The second-order valence-corrected chi connectivity index (χ2v) is 5.56. The second-order valence-electron chi connectivity index (χ2n) is 4.59. The number of nitrogens with zero attached hydrogens (tertiary/aromatic N) is 1. The fourth-order valence-corrected chi connectivity index (χ4v) is 2.80. The maximum Gasteiger partial charge on any atom is 0.241 e. The highest BCUT2D eigenvalue weighted by molar-refractivity contribution is 7.09. The summed E-state index contributed by atoms with van der Waals surface area (Å²) in [4.78, 5) is 17.3. The summed E-state index contributed by atoms with van der Waals surface area (Å²) in [5.74, 6) is 0.0504. The molecule has 1 amide bonds. The molecule has 1 unspecified atom stereocenters. The molecule has 2 aromatic rings. The maximum absolute atomic E-state index is 12.2. The van der Waals surface area contributed by atoms with Crippen LogP contribution >= 0.6 is 11.3 Å². The van der Waals surface area contributed by atoms with Gasteiger partial charge in [0, 0.05) is 23.3 Å².